The number of nitrogens with zero attached hydrogens (tertiary/aromatic N) is 1. The number of benzene rings is 2. The van der Waals surface area contributed by atoms with Gasteiger partial charge in [0, 0.05) is 23.9 Å². The molecule has 29 heavy (non-hydrogen) atoms. The summed E-state index contributed by atoms with van der Waals surface area (Å²) >= 11 is 1.49. The molecule has 2 aromatic carbocycles. The van der Waals surface area contributed by atoms with Crippen molar-refractivity contribution in [1.29, 1.82) is 0 Å². The van der Waals surface area contributed by atoms with Crippen molar-refractivity contribution in [3.8, 4) is 5.75 Å². The van der Waals surface area contributed by atoms with E-state index in [4.69, 9.17) is 4.74 Å². The predicted octanol–water partition coefficient (Wildman–Crippen LogP) is 4.01. The van der Waals surface area contributed by atoms with E-state index in [-0.39, 0.29) is 18.2 Å². The van der Waals surface area contributed by atoms with Gasteiger partial charge in [-0.2, -0.15) is 0 Å². The minimum Gasteiger partial charge on any atom is -0.485 e. The first-order valence-electron chi connectivity index (χ1n) is 9.04. The van der Waals surface area contributed by atoms with Crippen LogP contribution in [-0.4, -0.2) is 23.3 Å². The van der Waals surface area contributed by atoms with Crippen molar-refractivity contribution in [3.63, 3.8) is 0 Å². The molecule has 0 aliphatic heterocycles. The Bertz CT molecular complexity index is 946. The largest absolute Gasteiger partial charge is 0.485 e. The number of para-hydroxylation sites is 2. The Hall–Kier alpha value is -3.26. The number of carbonyl (C=O) groups excluding carboxylic acids is 2. The van der Waals surface area contributed by atoms with Crippen molar-refractivity contribution >= 4 is 28.8 Å². The molecule has 0 saturated heterocycles. The summed E-state index contributed by atoms with van der Waals surface area (Å²) in [6.45, 7) is 0.664. The molecule has 0 atom stereocenters. The molecule has 2 N–H and O–H groups in total. The molecule has 2 amide bonds. The average Bonchev–Trinajstić information content (AvgIpc) is 3.24. The summed E-state index contributed by atoms with van der Waals surface area (Å²) < 4.78 is 18.6. The summed E-state index contributed by atoms with van der Waals surface area (Å²) in [5, 5.41) is 7.45. The molecule has 0 spiro atoms. The third-order valence-corrected chi connectivity index (χ3v) is 4.63. The molecule has 1 heterocycles. The fraction of sp³-hybridized carbons (Fsp3) is 0.190. The second kappa shape index (κ2) is 10.3. The molecular weight excluding hydrogens is 393 g/mol. The summed E-state index contributed by atoms with van der Waals surface area (Å²) in [7, 11) is 0. The number of amides is 2. The Morgan fingerprint density at radius 2 is 1.90 bits per heavy atom. The number of hydrogen-bond donors (Lipinski definition) is 2. The number of halogens is 1. The third kappa shape index (κ3) is 6.39. The number of nitrogens with one attached hydrogen (secondary N) is 2. The average molecular weight is 413 g/mol. The summed E-state index contributed by atoms with van der Waals surface area (Å²) in [6.07, 6.45) is 0.713. The van der Waals surface area contributed by atoms with Gasteiger partial charge in [-0.15, -0.1) is 11.3 Å². The van der Waals surface area contributed by atoms with Crippen LogP contribution in [0.2, 0.25) is 0 Å². The molecular formula is C21H20FN3O3S. The Kier molecular flexibility index (Phi) is 7.29. The number of rotatable bonds is 9. The Labute approximate surface area is 171 Å². The van der Waals surface area contributed by atoms with Crippen molar-refractivity contribution in [1.82, 2.24) is 10.3 Å². The predicted molar refractivity (Wildman–Crippen MR) is 109 cm³/mol. The highest BCUT2D eigenvalue weighted by molar-refractivity contribution is 7.07. The molecule has 3 aromatic rings. The lowest BCUT2D eigenvalue weighted by Crippen LogP contribution is -2.25. The zero-order valence-corrected chi connectivity index (χ0v) is 16.4. The monoisotopic (exact) mass is 413 g/mol. The molecule has 3 rings (SSSR count). The van der Waals surface area contributed by atoms with Gasteiger partial charge in [-0.25, -0.2) is 9.37 Å². The van der Waals surface area contributed by atoms with Gasteiger partial charge in [0.15, 0.2) is 0 Å². The molecule has 0 fully saturated rings. The van der Waals surface area contributed by atoms with Crippen LogP contribution in [0.4, 0.5) is 10.1 Å². The lowest BCUT2D eigenvalue weighted by Gasteiger charge is -2.12. The van der Waals surface area contributed by atoms with E-state index in [1.807, 2.05) is 17.5 Å². The minimum absolute atomic E-state index is 0.175. The number of aromatic nitrogens is 1. The fourth-order valence-corrected chi connectivity index (χ4v) is 3.07. The van der Waals surface area contributed by atoms with Gasteiger partial charge in [0.05, 0.1) is 16.9 Å². The molecule has 6 nitrogen and oxygen atoms in total. The van der Waals surface area contributed by atoms with Crippen LogP contribution in [-0.2, 0) is 11.4 Å². The van der Waals surface area contributed by atoms with E-state index in [9.17, 15) is 14.0 Å². The second-order valence-corrected chi connectivity index (χ2v) is 6.90. The molecule has 0 saturated carbocycles. The van der Waals surface area contributed by atoms with E-state index in [0.717, 1.165) is 5.69 Å². The number of thiazole rings is 1. The highest BCUT2D eigenvalue weighted by Crippen LogP contribution is 2.25. The molecule has 0 radical (unpaired) electrons. The van der Waals surface area contributed by atoms with Crippen LogP contribution in [0, 0.1) is 5.82 Å². The van der Waals surface area contributed by atoms with Crippen LogP contribution in [0.5, 0.6) is 5.75 Å². The number of ether oxygens (including phenoxy) is 1. The molecule has 0 unspecified atom stereocenters. The first kappa shape index (κ1) is 20.5. The van der Waals surface area contributed by atoms with Crippen molar-refractivity contribution in [2.75, 3.05) is 11.9 Å². The Morgan fingerprint density at radius 1 is 1.10 bits per heavy atom. The number of anilines is 1. The SMILES string of the molecule is O=C(CCCNC(=O)c1ccc(F)cc1)Nc1ccccc1OCc1cscn1. The Morgan fingerprint density at radius 3 is 2.66 bits per heavy atom. The number of hydrogen-bond acceptors (Lipinski definition) is 5. The van der Waals surface area contributed by atoms with Gasteiger partial charge in [0.1, 0.15) is 18.2 Å². The lowest BCUT2D eigenvalue weighted by atomic mass is 10.2. The third-order valence-electron chi connectivity index (χ3n) is 3.99. The Balaban J connectivity index is 1.42. The van der Waals surface area contributed by atoms with Gasteiger partial charge in [0.25, 0.3) is 5.91 Å². The summed E-state index contributed by atoms with van der Waals surface area (Å²) in [4.78, 5) is 28.3. The van der Waals surface area contributed by atoms with E-state index in [2.05, 4.69) is 15.6 Å². The smallest absolute Gasteiger partial charge is 0.251 e. The van der Waals surface area contributed by atoms with E-state index in [1.165, 1.54) is 35.6 Å². The zero-order valence-electron chi connectivity index (χ0n) is 15.6. The van der Waals surface area contributed by atoms with Gasteiger partial charge < -0.3 is 15.4 Å². The minimum atomic E-state index is -0.394. The van der Waals surface area contributed by atoms with Crippen molar-refractivity contribution in [2.24, 2.45) is 0 Å². The molecule has 0 bridgehead atoms. The molecule has 8 heteroatoms. The van der Waals surface area contributed by atoms with E-state index in [0.29, 0.717) is 36.6 Å². The normalized spacial score (nSPS) is 10.4. The van der Waals surface area contributed by atoms with Crippen molar-refractivity contribution in [3.05, 3.63) is 76.5 Å². The van der Waals surface area contributed by atoms with Crippen LogP contribution >= 0.6 is 11.3 Å². The summed E-state index contributed by atoms with van der Waals surface area (Å²) in [6, 6.07) is 12.5. The van der Waals surface area contributed by atoms with Gasteiger partial charge in [-0.1, -0.05) is 12.1 Å². The molecule has 0 aliphatic rings. The van der Waals surface area contributed by atoms with Gasteiger partial charge in [-0.3, -0.25) is 9.59 Å². The maximum atomic E-state index is 12.9. The van der Waals surface area contributed by atoms with E-state index in [1.54, 1.807) is 17.6 Å². The summed E-state index contributed by atoms with van der Waals surface area (Å²) in [5.41, 5.74) is 3.53. The maximum Gasteiger partial charge on any atom is 0.251 e. The van der Waals surface area contributed by atoms with Crippen molar-refractivity contribution in [2.45, 2.75) is 19.4 Å². The highest BCUT2D eigenvalue weighted by Gasteiger charge is 2.09. The van der Waals surface area contributed by atoms with Crippen LogP contribution < -0.4 is 15.4 Å². The second-order valence-electron chi connectivity index (χ2n) is 6.18. The zero-order chi connectivity index (χ0) is 20.5. The first-order chi connectivity index (χ1) is 14.1. The first-order valence-corrected chi connectivity index (χ1v) is 9.98. The van der Waals surface area contributed by atoms with E-state index >= 15 is 0 Å². The van der Waals surface area contributed by atoms with Gasteiger partial charge >= 0.3 is 0 Å². The fourth-order valence-electron chi connectivity index (χ4n) is 2.52. The quantitative estimate of drug-likeness (QED) is 0.520. The topological polar surface area (TPSA) is 80.3 Å². The molecule has 1 aromatic heterocycles. The molecule has 150 valence electrons. The van der Waals surface area contributed by atoms with Gasteiger partial charge in [-0.05, 0) is 42.8 Å². The maximum absolute atomic E-state index is 12.9. The van der Waals surface area contributed by atoms with Crippen molar-refractivity contribution < 1.29 is 18.7 Å². The van der Waals surface area contributed by atoms with Crippen LogP contribution in [0.1, 0.15) is 28.9 Å². The highest BCUT2D eigenvalue weighted by atomic mass is 32.1. The van der Waals surface area contributed by atoms with Crippen LogP contribution in [0.15, 0.2) is 59.4 Å². The van der Waals surface area contributed by atoms with Crippen LogP contribution in [0.25, 0.3) is 0 Å². The lowest BCUT2D eigenvalue weighted by molar-refractivity contribution is -0.116. The molecule has 0 aliphatic carbocycles. The van der Waals surface area contributed by atoms with Crippen LogP contribution in [0.3, 0.4) is 0 Å². The summed E-state index contributed by atoms with van der Waals surface area (Å²) in [5.74, 6) is -0.301. The standard InChI is InChI=1S/C21H20FN3O3S/c22-16-9-7-15(8-10-16)21(27)23-11-3-6-20(26)25-18-4-1-2-5-19(18)28-12-17-13-29-14-24-17/h1-2,4-5,7-10,13-14H,3,6,11-12H2,(H,23,27)(H,25,26). The van der Waals surface area contributed by atoms with Gasteiger partial charge in [0.2, 0.25) is 5.91 Å². The van der Waals surface area contributed by atoms with E-state index < -0.39 is 5.82 Å². The number of carbonyl (C=O) groups is 2.